The van der Waals surface area contributed by atoms with E-state index in [9.17, 15) is 4.79 Å². The Labute approximate surface area is 88.3 Å². The molecule has 1 nitrogen and oxygen atoms in total. The van der Waals surface area contributed by atoms with Crippen LogP contribution in [-0.2, 0) is 4.79 Å². The molecule has 0 aromatic carbocycles. The van der Waals surface area contributed by atoms with Gasteiger partial charge >= 0.3 is 0 Å². The van der Waals surface area contributed by atoms with Crippen LogP contribution >= 0.6 is 0 Å². The second-order valence-electron chi connectivity index (χ2n) is 4.79. The third-order valence-corrected chi connectivity index (χ3v) is 3.53. The quantitative estimate of drug-likeness (QED) is 0.667. The van der Waals surface area contributed by atoms with Crippen molar-refractivity contribution in [1.82, 2.24) is 0 Å². The largest absolute Gasteiger partial charge is 0.299 e. The fraction of sp³-hybridized carbons (Fsp3) is 0.923. The van der Waals surface area contributed by atoms with Gasteiger partial charge in [-0.1, -0.05) is 46.0 Å². The maximum Gasteiger partial charge on any atom is 0.136 e. The van der Waals surface area contributed by atoms with Crippen molar-refractivity contribution in [3.05, 3.63) is 0 Å². The smallest absolute Gasteiger partial charge is 0.136 e. The highest BCUT2D eigenvalue weighted by Crippen LogP contribution is 2.28. The molecule has 0 heterocycles. The molecule has 0 aromatic rings. The van der Waals surface area contributed by atoms with Crippen molar-refractivity contribution in [3.8, 4) is 0 Å². The first kappa shape index (κ1) is 11.7. The van der Waals surface area contributed by atoms with Crippen LogP contribution in [-0.4, -0.2) is 5.78 Å². The zero-order chi connectivity index (χ0) is 10.4. The zero-order valence-corrected chi connectivity index (χ0v) is 9.72. The molecule has 0 amide bonds. The highest BCUT2D eigenvalue weighted by Gasteiger charge is 2.24. The fourth-order valence-electron chi connectivity index (χ4n) is 2.62. The van der Waals surface area contributed by atoms with Gasteiger partial charge in [0.1, 0.15) is 5.78 Å². The molecule has 1 fully saturated rings. The van der Waals surface area contributed by atoms with Crippen LogP contribution in [0.2, 0.25) is 0 Å². The number of hydrogen-bond donors (Lipinski definition) is 0. The molecule has 1 heteroatoms. The predicted molar refractivity (Wildman–Crippen MR) is 60.3 cm³/mol. The molecule has 1 aliphatic rings. The van der Waals surface area contributed by atoms with Crippen LogP contribution < -0.4 is 0 Å². The van der Waals surface area contributed by atoms with E-state index in [1.54, 1.807) is 0 Å². The lowest BCUT2D eigenvalue weighted by Gasteiger charge is -2.24. The summed E-state index contributed by atoms with van der Waals surface area (Å²) in [5, 5.41) is 0. The van der Waals surface area contributed by atoms with E-state index in [1.165, 1.54) is 32.1 Å². The second-order valence-corrected chi connectivity index (χ2v) is 4.79. The number of ketones is 1. The monoisotopic (exact) mass is 196 g/mol. The van der Waals surface area contributed by atoms with Crippen LogP contribution in [0.15, 0.2) is 0 Å². The summed E-state index contributed by atoms with van der Waals surface area (Å²) >= 11 is 0. The molecule has 0 N–H and O–H groups in total. The van der Waals surface area contributed by atoms with Crippen molar-refractivity contribution in [2.24, 2.45) is 11.8 Å². The molecule has 14 heavy (non-hydrogen) atoms. The molecule has 82 valence electrons. The Morgan fingerprint density at radius 1 is 1.29 bits per heavy atom. The minimum absolute atomic E-state index is 0.384. The first-order chi connectivity index (χ1) is 6.75. The lowest BCUT2D eigenvalue weighted by atomic mass is 9.80. The minimum Gasteiger partial charge on any atom is -0.299 e. The van der Waals surface area contributed by atoms with E-state index < -0.39 is 0 Å². The summed E-state index contributed by atoms with van der Waals surface area (Å²) in [6.45, 7) is 4.47. The molecule has 0 radical (unpaired) electrons. The number of hydrogen-bond acceptors (Lipinski definition) is 1. The summed E-state index contributed by atoms with van der Waals surface area (Å²) < 4.78 is 0. The third kappa shape index (κ3) is 3.43. The van der Waals surface area contributed by atoms with Crippen LogP contribution in [0.1, 0.15) is 65.2 Å². The van der Waals surface area contributed by atoms with Gasteiger partial charge in [0, 0.05) is 12.3 Å². The van der Waals surface area contributed by atoms with Crippen LogP contribution in [0.4, 0.5) is 0 Å². The van der Waals surface area contributed by atoms with Crippen molar-refractivity contribution in [3.63, 3.8) is 0 Å². The number of carbonyl (C=O) groups is 1. The highest BCUT2D eigenvalue weighted by atomic mass is 16.1. The van der Waals surface area contributed by atoms with Crippen LogP contribution in [0.5, 0.6) is 0 Å². The van der Waals surface area contributed by atoms with Gasteiger partial charge in [-0.3, -0.25) is 4.79 Å². The molecule has 1 saturated carbocycles. The highest BCUT2D eigenvalue weighted by molar-refractivity contribution is 5.81. The number of carbonyl (C=O) groups excluding carboxylic acids is 1. The molecular weight excluding hydrogens is 172 g/mol. The second kappa shape index (κ2) is 6.21. The normalized spacial score (nSPS) is 26.7. The van der Waals surface area contributed by atoms with Gasteiger partial charge in [-0.05, 0) is 18.8 Å². The van der Waals surface area contributed by atoms with Gasteiger partial charge < -0.3 is 0 Å². The maximum absolute atomic E-state index is 11.9. The topological polar surface area (TPSA) is 17.1 Å². The van der Waals surface area contributed by atoms with E-state index >= 15 is 0 Å². The molecule has 0 bridgehead atoms. The van der Waals surface area contributed by atoms with Crippen molar-refractivity contribution in [2.75, 3.05) is 0 Å². The fourth-order valence-corrected chi connectivity index (χ4v) is 2.62. The summed E-state index contributed by atoms with van der Waals surface area (Å²) in [4.78, 5) is 11.9. The Morgan fingerprint density at radius 3 is 2.71 bits per heavy atom. The van der Waals surface area contributed by atoms with E-state index in [0.717, 1.165) is 19.3 Å². The lowest BCUT2D eigenvalue weighted by Crippen LogP contribution is -2.23. The number of Topliss-reactive ketones (excluding diaryl/α,β-unsaturated/α-hetero) is 1. The summed E-state index contributed by atoms with van der Waals surface area (Å²) in [7, 11) is 0. The average Bonchev–Trinajstić information content (AvgIpc) is 2.12. The van der Waals surface area contributed by atoms with Gasteiger partial charge in [-0.2, -0.15) is 0 Å². The Morgan fingerprint density at radius 2 is 2.00 bits per heavy atom. The van der Waals surface area contributed by atoms with Gasteiger partial charge in [0.05, 0.1) is 0 Å². The Kier molecular flexibility index (Phi) is 5.21. The molecule has 0 spiro atoms. The van der Waals surface area contributed by atoms with Crippen molar-refractivity contribution < 1.29 is 4.79 Å². The molecule has 2 atom stereocenters. The molecule has 1 rings (SSSR count). The minimum atomic E-state index is 0.384. The van der Waals surface area contributed by atoms with E-state index in [1.807, 2.05) is 0 Å². The molecule has 2 unspecified atom stereocenters. The summed E-state index contributed by atoms with van der Waals surface area (Å²) in [6.07, 6.45) is 9.43. The first-order valence-electron chi connectivity index (χ1n) is 6.28. The predicted octanol–water partition coefficient (Wildman–Crippen LogP) is 3.96. The number of rotatable bonds is 3. The van der Waals surface area contributed by atoms with Crippen LogP contribution in [0.3, 0.4) is 0 Å². The van der Waals surface area contributed by atoms with E-state index in [0.29, 0.717) is 17.6 Å². The maximum atomic E-state index is 11.9. The molecule has 0 aromatic heterocycles. The van der Waals surface area contributed by atoms with Gasteiger partial charge in [0.2, 0.25) is 0 Å². The van der Waals surface area contributed by atoms with Crippen molar-refractivity contribution in [2.45, 2.75) is 65.2 Å². The summed E-state index contributed by atoms with van der Waals surface area (Å²) in [6, 6.07) is 0. The van der Waals surface area contributed by atoms with Crippen LogP contribution in [0, 0.1) is 11.8 Å². The van der Waals surface area contributed by atoms with E-state index in [2.05, 4.69) is 13.8 Å². The standard InChI is InChI=1S/C13H24O/c1-3-8-11(2)12-9-6-4-5-7-10-13(12)14/h11-12H,3-10H2,1-2H3. The SMILES string of the molecule is CCCC(C)C1CCCCCCC1=O. The lowest BCUT2D eigenvalue weighted by molar-refractivity contribution is -0.125. The van der Waals surface area contributed by atoms with Gasteiger partial charge in [-0.25, -0.2) is 0 Å². The van der Waals surface area contributed by atoms with Gasteiger partial charge in [0.15, 0.2) is 0 Å². The van der Waals surface area contributed by atoms with E-state index in [-0.39, 0.29) is 0 Å². The van der Waals surface area contributed by atoms with Crippen LogP contribution in [0.25, 0.3) is 0 Å². The van der Waals surface area contributed by atoms with Crippen molar-refractivity contribution in [1.29, 1.82) is 0 Å². The summed E-state index contributed by atoms with van der Waals surface area (Å²) in [5.74, 6) is 1.55. The Balaban J connectivity index is 2.48. The molecule has 1 aliphatic carbocycles. The van der Waals surface area contributed by atoms with E-state index in [4.69, 9.17) is 0 Å². The third-order valence-electron chi connectivity index (χ3n) is 3.53. The Bertz CT molecular complexity index is 174. The molecule has 0 saturated heterocycles. The zero-order valence-electron chi connectivity index (χ0n) is 9.72. The van der Waals surface area contributed by atoms with Crippen molar-refractivity contribution >= 4 is 5.78 Å². The first-order valence-corrected chi connectivity index (χ1v) is 6.28. The van der Waals surface area contributed by atoms with Gasteiger partial charge in [-0.15, -0.1) is 0 Å². The molecular formula is C13H24O. The molecule has 0 aliphatic heterocycles. The summed E-state index contributed by atoms with van der Waals surface area (Å²) in [5.41, 5.74) is 0. The average molecular weight is 196 g/mol. The Hall–Kier alpha value is -0.330. The van der Waals surface area contributed by atoms with Gasteiger partial charge in [0.25, 0.3) is 0 Å².